The van der Waals surface area contributed by atoms with Crippen molar-refractivity contribution in [1.29, 1.82) is 0 Å². The zero-order valence-electron chi connectivity index (χ0n) is 11.4. The number of Topliss-reactive ketones (excluding diaryl/α,β-unsaturated/α-hetero) is 1. The van der Waals surface area contributed by atoms with Crippen molar-refractivity contribution in [3.63, 3.8) is 0 Å². The molecule has 1 rings (SSSR count). The molecule has 0 spiro atoms. The standard InChI is InChI=1S/C14H26O2/c1-10(2)16-9-14(4,5)12-7-6-11(3)8-13(12)15/h10-12H,6-9H2,1-5H3. The largest absolute Gasteiger partial charge is 0.378 e. The second-order valence-corrected chi connectivity index (χ2v) is 6.25. The van der Waals surface area contributed by atoms with Crippen LogP contribution in [0.15, 0.2) is 0 Å². The summed E-state index contributed by atoms with van der Waals surface area (Å²) in [6.45, 7) is 11.3. The molecule has 1 saturated carbocycles. The van der Waals surface area contributed by atoms with E-state index in [-0.39, 0.29) is 17.4 Å². The Morgan fingerprint density at radius 2 is 2.00 bits per heavy atom. The van der Waals surface area contributed by atoms with E-state index in [0.717, 1.165) is 12.8 Å². The smallest absolute Gasteiger partial charge is 0.136 e. The average molecular weight is 226 g/mol. The molecule has 1 aliphatic carbocycles. The van der Waals surface area contributed by atoms with E-state index in [1.807, 2.05) is 13.8 Å². The number of ether oxygens (including phenoxy) is 1. The minimum absolute atomic E-state index is 0.0124. The lowest BCUT2D eigenvalue weighted by molar-refractivity contribution is -0.132. The molecule has 2 unspecified atom stereocenters. The molecule has 94 valence electrons. The second-order valence-electron chi connectivity index (χ2n) is 6.25. The van der Waals surface area contributed by atoms with Crippen molar-refractivity contribution >= 4 is 5.78 Å². The Balaban J connectivity index is 2.57. The molecule has 0 saturated heterocycles. The molecule has 0 heterocycles. The third-order valence-electron chi connectivity index (χ3n) is 3.62. The summed E-state index contributed by atoms with van der Waals surface area (Å²) in [5, 5.41) is 0. The van der Waals surface area contributed by atoms with Crippen LogP contribution in [0.25, 0.3) is 0 Å². The first-order valence-corrected chi connectivity index (χ1v) is 6.47. The van der Waals surface area contributed by atoms with Crippen LogP contribution < -0.4 is 0 Å². The summed E-state index contributed by atoms with van der Waals surface area (Å²) in [6, 6.07) is 0. The molecule has 0 amide bonds. The Morgan fingerprint density at radius 3 is 2.50 bits per heavy atom. The van der Waals surface area contributed by atoms with E-state index in [1.54, 1.807) is 0 Å². The maximum Gasteiger partial charge on any atom is 0.136 e. The molecular formula is C14H26O2. The van der Waals surface area contributed by atoms with Crippen LogP contribution in [0.3, 0.4) is 0 Å². The van der Waals surface area contributed by atoms with Gasteiger partial charge in [-0.2, -0.15) is 0 Å². The van der Waals surface area contributed by atoms with Gasteiger partial charge < -0.3 is 4.74 Å². The first-order chi connectivity index (χ1) is 7.33. The van der Waals surface area contributed by atoms with Gasteiger partial charge in [-0.3, -0.25) is 4.79 Å². The number of ketones is 1. The van der Waals surface area contributed by atoms with Gasteiger partial charge in [-0.15, -0.1) is 0 Å². The third-order valence-corrected chi connectivity index (χ3v) is 3.62. The Hall–Kier alpha value is -0.370. The van der Waals surface area contributed by atoms with Crippen molar-refractivity contribution in [3.05, 3.63) is 0 Å². The highest BCUT2D eigenvalue weighted by atomic mass is 16.5. The topological polar surface area (TPSA) is 26.3 Å². The molecule has 2 atom stereocenters. The lowest BCUT2D eigenvalue weighted by Crippen LogP contribution is -2.38. The van der Waals surface area contributed by atoms with Crippen LogP contribution in [0.5, 0.6) is 0 Å². The lowest BCUT2D eigenvalue weighted by atomic mass is 9.68. The number of carbonyl (C=O) groups excluding carboxylic acids is 1. The normalized spacial score (nSPS) is 27.5. The summed E-state index contributed by atoms with van der Waals surface area (Å²) in [6.07, 6.45) is 3.23. The van der Waals surface area contributed by atoms with Gasteiger partial charge >= 0.3 is 0 Å². The van der Waals surface area contributed by atoms with Crippen LogP contribution in [-0.2, 0) is 9.53 Å². The summed E-state index contributed by atoms with van der Waals surface area (Å²) in [7, 11) is 0. The SMILES string of the molecule is CC1CCC(C(C)(C)COC(C)C)C(=O)C1. The fraction of sp³-hybridized carbons (Fsp3) is 0.929. The van der Waals surface area contributed by atoms with Crippen molar-refractivity contribution in [2.75, 3.05) is 6.61 Å². The molecule has 2 heteroatoms. The molecule has 0 aromatic rings. The number of carbonyl (C=O) groups is 1. The molecule has 1 fully saturated rings. The minimum Gasteiger partial charge on any atom is -0.378 e. The quantitative estimate of drug-likeness (QED) is 0.734. The molecule has 0 aromatic carbocycles. The summed E-state index contributed by atoms with van der Waals surface area (Å²) in [5.74, 6) is 1.21. The Morgan fingerprint density at radius 1 is 1.38 bits per heavy atom. The van der Waals surface area contributed by atoms with Crippen molar-refractivity contribution < 1.29 is 9.53 Å². The van der Waals surface area contributed by atoms with E-state index in [2.05, 4.69) is 20.8 Å². The number of rotatable bonds is 4. The van der Waals surface area contributed by atoms with Gasteiger partial charge in [0, 0.05) is 12.3 Å². The van der Waals surface area contributed by atoms with Crippen molar-refractivity contribution in [3.8, 4) is 0 Å². The van der Waals surface area contributed by atoms with Gasteiger partial charge in [0.1, 0.15) is 5.78 Å². The van der Waals surface area contributed by atoms with E-state index < -0.39 is 0 Å². The summed E-state index contributed by atoms with van der Waals surface area (Å²) >= 11 is 0. The van der Waals surface area contributed by atoms with Gasteiger partial charge in [0.2, 0.25) is 0 Å². The predicted octanol–water partition coefficient (Wildman–Crippen LogP) is 3.44. The fourth-order valence-corrected chi connectivity index (χ4v) is 2.51. The Kier molecular flexibility index (Phi) is 4.54. The monoisotopic (exact) mass is 226 g/mol. The van der Waals surface area contributed by atoms with Gasteiger partial charge in [-0.05, 0) is 38.0 Å². The molecule has 0 radical (unpaired) electrons. The van der Waals surface area contributed by atoms with E-state index in [0.29, 0.717) is 18.3 Å². The van der Waals surface area contributed by atoms with Gasteiger partial charge in [-0.1, -0.05) is 20.8 Å². The average Bonchev–Trinajstić information content (AvgIpc) is 2.14. The van der Waals surface area contributed by atoms with Gasteiger partial charge in [0.15, 0.2) is 0 Å². The highest BCUT2D eigenvalue weighted by Gasteiger charge is 2.38. The molecule has 16 heavy (non-hydrogen) atoms. The highest BCUT2D eigenvalue weighted by Crippen LogP contribution is 2.38. The molecule has 1 aliphatic rings. The van der Waals surface area contributed by atoms with E-state index in [9.17, 15) is 4.79 Å². The Labute approximate surface area is 99.8 Å². The molecule has 0 aromatic heterocycles. The Bertz CT molecular complexity index is 243. The van der Waals surface area contributed by atoms with Crippen LogP contribution in [0.2, 0.25) is 0 Å². The second kappa shape index (κ2) is 5.31. The molecule has 2 nitrogen and oxygen atoms in total. The van der Waals surface area contributed by atoms with Gasteiger partial charge in [0.05, 0.1) is 12.7 Å². The maximum absolute atomic E-state index is 12.0. The van der Waals surface area contributed by atoms with Crippen LogP contribution in [0, 0.1) is 17.3 Å². The van der Waals surface area contributed by atoms with Crippen molar-refractivity contribution in [2.24, 2.45) is 17.3 Å². The maximum atomic E-state index is 12.0. The summed E-state index contributed by atoms with van der Waals surface area (Å²) < 4.78 is 5.68. The number of hydrogen-bond acceptors (Lipinski definition) is 2. The van der Waals surface area contributed by atoms with E-state index in [4.69, 9.17) is 4.74 Å². The minimum atomic E-state index is -0.0124. The first kappa shape index (κ1) is 13.7. The van der Waals surface area contributed by atoms with Crippen LogP contribution in [-0.4, -0.2) is 18.5 Å². The van der Waals surface area contributed by atoms with Crippen molar-refractivity contribution in [2.45, 2.75) is 60.0 Å². The van der Waals surface area contributed by atoms with Crippen LogP contribution in [0.4, 0.5) is 0 Å². The lowest BCUT2D eigenvalue weighted by Gasteiger charge is -2.37. The molecule has 0 N–H and O–H groups in total. The summed E-state index contributed by atoms with van der Waals surface area (Å²) in [5.41, 5.74) is -0.0124. The van der Waals surface area contributed by atoms with Gasteiger partial charge in [0.25, 0.3) is 0 Å². The first-order valence-electron chi connectivity index (χ1n) is 6.47. The summed E-state index contributed by atoms with van der Waals surface area (Å²) in [4.78, 5) is 12.0. The van der Waals surface area contributed by atoms with E-state index in [1.165, 1.54) is 6.42 Å². The fourth-order valence-electron chi connectivity index (χ4n) is 2.51. The zero-order valence-corrected chi connectivity index (χ0v) is 11.4. The van der Waals surface area contributed by atoms with Crippen molar-refractivity contribution in [1.82, 2.24) is 0 Å². The number of hydrogen-bond donors (Lipinski definition) is 0. The highest BCUT2D eigenvalue weighted by molar-refractivity contribution is 5.82. The van der Waals surface area contributed by atoms with Crippen LogP contribution >= 0.6 is 0 Å². The van der Waals surface area contributed by atoms with Crippen LogP contribution in [0.1, 0.15) is 53.9 Å². The molecule has 0 bridgehead atoms. The predicted molar refractivity (Wildman–Crippen MR) is 66.4 cm³/mol. The van der Waals surface area contributed by atoms with E-state index >= 15 is 0 Å². The zero-order chi connectivity index (χ0) is 12.3. The molecule has 0 aliphatic heterocycles. The third kappa shape index (κ3) is 3.58. The van der Waals surface area contributed by atoms with Gasteiger partial charge in [-0.25, -0.2) is 0 Å². The molecular weight excluding hydrogens is 200 g/mol.